The van der Waals surface area contributed by atoms with E-state index in [0.717, 1.165) is 6.42 Å². The van der Waals surface area contributed by atoms with Crippen molar-refractivity contribution < 1.29 is 24.5 Å². The fraction of sp³-hybridized carbons (Fsp3) is 0.667. The number of ketones is 1. The molecule has 1 aliphatic heterocycles. The summed E-state index contributed by atoms with van der Waals surface area (Å²) in [4.78, 5) is 23.5. The molecule has 0 spiro atoms. The third-order valence-electron chi connectivity index (χ3n) is 3.25. The van der Waals surface area contributed by atoms with E-state index in [-0.39, 0.29) is 23.9 Å². The minimum atomic E-state index is -1.29. The Bertz CT molecular complexity index is 384. The highest BCUT2D eigenvalue weighted by Crippen LogP contribution is 2.32. The van der Waals surface area contributed by atoms with Gasteiger partial charge in [0, 0.05) is 18.4 Å². The first-order valence-electron chi connectivity index (χ1n) is 5.88. The molecule has 0 aromatic carbocycles. The molecule has 5 heteroatoms. The van der Waals surface area contributed by atoms with Gasteiger partial charge in [-0.2, -0.15) is 0 Å². The minimum absolute atomic E-state index is 0.0406. The molecule has 0 radical (unpaired) electrons. The van der Waals surface area contributed by atoms with Gasteiger partial charge in [0.05, 0.1) is 11.7 Å². The minimum Gasteiger partial charge on any atom is -0.459 e. The lowest BCUT2D eigenvalue weighted by atomic mass is 9.82. The van der Waals surface area contributed by atoms with Crippen LogP contribution in [-0.4, -0.2) is 40.3 Å². The Morgan fingerprint density at radius 2 is 2.00 bits per heavy atom. The summed E-state index contributed by atoms with van der Waals surface area (Å²) in [6.07, 6.45) is -0.968. The Labute approximate surface area is 99.1 Å². The summed E-state index contributed by atoms with van der Waals surface area (Å²) in [6.45, 7) is 1.97. The van der Waals surface area contributed by atoms with Crippen LogP contribution in [0.2, 0.25) is 0 Å². The largest absolute Gasteiger partial charge is 0.459 e. The second kappa shape index (κ2) is 4.58. The molecule has 0 amide bonds. The number of aliphatic hydroxyl groups is 2. The summed E-state index contributed by atoms with van der Waals surface area (Å²) in [7, 11) is 0. The lowest BCUT2D eigenvalue weighted by molar-refractivity contribution is -0.151. The van der Waals surface area contributed by atoms with Crippen LogP contribution in [0.1, 0.15) is 32.6 Å². The SMILES string of the molecule is CCC[C@@H]1CC2=C(C(=O)O1)[C@@H](O)[C@H](O)CC2=O. The molecular formula is C12H16O5. The summed E-state index contributed by atoms with van der Waals surface area (Å²) < 4.78 is 5.14. The van der Waals surface area contributed by atoms with Crippen molar-refractivity contribution in [1.29, 1.82) is 0 Å². The molecule has 0 aromatic rings. The second-order valence-corrected chi connectivity index (χ2v) is 4.55. The van der Waals surface area contributed by atoms with Gasteiger partial charge in [-0.3, -0.25) is 4.79 Å². The van der Waals surface area contributed by atoms with Gasteiger partial charge < -0.3 is 14.9 Å². The van der Waals surface area contributed by atoms with Gasteiger partial charge >= 0.3 is 5.97 Å². The molecule has 1 aliphatic carbocycles. The maximum Gasteiger partial charge on any atom is 0.337 e. The Balaban J connectivity index is 2.32. The second-order valence-electron chi connectivity index (χ2n) is 4.55. The number of carbonyl (C=O) groups is 2. The third-order valence-corrected chi connectivity index (χ3v) is 3.25. The van der Waals surface area contributed by atoms with E-state index >= 15 is 0 Å². The molecule has 1 heterocycles. The third kappa shape index (κ3) is 2.12. The molecule has 0 fully saturated rings. The maximum atomic E-state index is 11.7. The van der Waals surface area contributed by atoms with E-state index in [2.05, 4.69) is 0 Å². The smallest absolute Gasteiger partial charge is 0.337 e. The first-order valence-corrected chi connectivity index (χ1v) is 5.88. The molecule has 0 saturated heterocycles. The molecule has 3 atom stereocenters. The molecule has 2 N–H and O–H groups in total. The predicted octanol–water partition coefficient (Wildman–Crippen LogP) is 0.0932. The molecule has 5 nitrogen and oxygen atoms in total. The molecule has 2 rings (SSSR count). The standard InChI is InChI=1S/C12H16O5/c1-2-3-6-4-7-8(13)5-9(14)11(15)10(7)12(16)17-6/h6,9,11,14-15H,2-5H2,1H3/t6-,9-,11+/m1/s1. The molecule has 0 bridgehead atoms. The number of ether oxygens (including phenoxy) is 1. The Morgan fingerprint density at radius 1 is 1.29 bits per heavy atom. The van der Waals surface area contributed by atoms with Crippen molar-refractivity contribution in [3.8, 4) is 0 Å². The average Bonchev–Trinajstić information content (AvgIpc) is 2.26. The Hall–Kier alpha value is -1.20. The van der Waals surface area contributed by atoms with E-state index in [0.29, 0.717) is 18.4 Å². The molecule has 94 valence electrons. The Kier molecular flexibility index (Phi) is 3.31. The highest BCUT2D eigenvalue weighted by molar-refractivity contribution is 6.07. The topological polar surface area (TPSA) is 83.8 Å². The van der Waals surface area contributed by atoms with Gasteiger partial charge in [-0.05, 0) is 6.42 Å². The van der Waals surface area contributed by atoms with Crippen molar-refractivity contribution in [1.82, 2.24) is 0 Å². The molecule has 0 unspecified atom stereocenters. The fourth-order valence-electron chi connectivity index (χ4n) is 2.38. The normalized spacial score (nSPS) is 33.5. The first-order chi connectivity index (χ1) is 8.04. The van der Waals surface area contributed by atoms with Gasteiger partial charge in [0.15, 0.2) is 5.78 Å². The van der Waals surface area contributed by atoms with Gasteiger partial charge in [0.2, 0.25) is 0 Å². The van der Waals surface area contributed by atoms with Crippen LogP contribution in [0, 0.1) is 0 Å². The highest BCUT2D eigenvalue weighted by Gasteiger charge is 2.42. The summed E-state index contributed by atoms with van der Waals surface area (Å²) in [5, 5.41) is 19.2. The Morgan fingerprint density at radius 3 is 2.65 bits per heavy atom. The zero-order chi connectivity index (χ0) is 12.6. The van der Waals surface area contributed by atoms with Gasteiger partial charge in [0.1, 0.15) is 12.2 Å². The summed E-state index contributed by atoms with van der Waals surface area (Å²) in [6, 6.07) is 0. The molecule has 0 saturated carbocycles. The number of rotatable bonds is 2. The van der Waals surface area contributed by atoms with Crippen molar-refractivity contribution in [2.75, 3.05) is 0 Å². The maximum absolute atomic E-state index is 11.7. The number of carbonyl (C=O) groups excluding carboxylic acids is 2. The van der Waals surface area contributed by atoms with Crippen LogP contribution in [0.15, 0.2) is 11.1 Å². The number of esters is 1. The van der Waals surface area contributed by atoms with Crippen LogP contribution in [0.5, 0.6) is 0 Å². The number of Topliss-reactive ketones (excluding diaryl/α,β-unsaturated/α-hetero) is 1. The molecular weight excluding hydrogens is 224 g/mol. The van der Waals surface area contributed by atoms with Crippen molar-refractivity contribution in [3.05, 3.63) is 11.1 Å². The lowest BCUT2D eigenvalue weighted by Crippen LogP contribution is -2.44. The first kappa shape index (κ1) is 12.3. The number of aliphatic hydroxyl groups excluding tert-OH is 2. The van der Waals surface area contributed by atoms with Crippen molar-refractivity contribution >= 4 is 11.8 Å². The van der Waals surface area contributed by atoms with E-state index < -0.39 is 18.2 Å². The number of hydrogen-bond acceptors (Lipinski definition) is 5. The van der Waals surface area contributed by atoms with Crippen molar-refractivity contribution in [2.24, 2.45) is 0 Å². The van der Waals surface area contributed by atoms with E-state index in [1.54, 1.807) is 0 Å². The van der Waals surface area contributed by atoms with Crippen molar-refractivity contribution in [3.63, 3.8) is 0 Å². The van der Waals surface area contributed by atoms with Crippen LogP contribution >= 0.6 is 0 Å². The highest BCUT2D eigenvalue weighted by atomic mass is 16.5. The zero-order valence-corrected chi connectivity index (χ0v) is 9.68. The van der Waals surface area contributed by atoms with E-state index in [4.69, 9.17) is 4.74 Å². The van der Waals surface area contributed by atoms with E-state index in [1.807, 2.05) is 6.92 Å². The van der Waals surface area contributed by atoms with Gasteiger partial charge in [-0.1, -0.05) is 13.3 Å². The van der Waals surface area contributed by atoms with Gasteiger partial charge in [0.25, 0.3) is 0 Å². The van der Waals surface area contributed by atoms with E-state index in [9.17, 15) is 19.8 Å². The summed E-state index contributed by atoms with van der Waals surface area (Å²) in [5.74, 6) is -0.917. The fourth-order valence-corrected chi connectivity index (χ4v) is 2.38. The number of cyclic esters (lactones) is 1. The van der Waals surface area contributed by atoms with Crippen LogP contribution in [0.4, 0.5) is 0 Å². The van der Waals surface area contributed by atoms with Crippen LogP contribution in [0.3, 0.4) is 0 Å². The van der Waals surface area contributed by atoms with Crippen LogP contribution in [-0.2, 0) is 14.3 Å². The van der Waals surface area contributed by atoms with Gasteiger partial charge in [-0.15, -0.1) is 0 Å². The summed E-state index contributed by atoms with van der Waals surface area (Å²) >= 11 is 0. The van der Waals surface area contributed by atoms with Gasteiger partial charge in [-0.25, -0.2) is 4.79 Å². The molecule has 2 aliphatic rings. The monoisotopic (exact) mass is 240 g/mol. The molecule has 17 heavy (non-hydrogen) atoms. The average molecular weight is 240 g/mol. The predicted molar refractivity (Wildman–Crippen MR) is 58.1 cm³/mol. The zero-order valence-electron chi connectivity index (χ0n) is 9.68. The van der Waals surface area contributed by atoms with Crippen LogP contribution < -0.4 is 0 Å². The number of hydrogen-bond donors (Lipinski definition) is 2. The molecule has 0 aromatic heterocycles. The van der Waals surface area contributed by atoms with E-state index in [1.165, 1.54) is 0 Å². The van der Waals surface area contributed by atoms with Crippen LogP contribution in [0.25, 0.3) is 0 Å². The van der Waals surface area contributed by atoms with Crippen molar-refractivity contribution in [2.45, 2.75) is 50.9 Å². The summed E-state index contributed by atoms with van der Waals surface area (Å²) in [5.41, 5.74) is 0.304. The lowest BCUT2D eigenvalue weighted by Gasteiger charge is -2.33. The quantitative estimate of drug-likeness (QED) is 0.668.